The van der Waals surface area contributed by atoms with Crippen molar-refractivity contribution in [2.45, 2.75) is 19.3 Å². The monoisotopic (exact) mass is 308 g/mol. The topological polar surface area (TPSA) is 76.3 Å². The number of anilines is 1. The maximum Gasteiger partial charge on any atom is 0.259 e. The van der Waals surface area contributed by atoms with Gasteiger partial charge in [-0.05, 0) is 31.4 Å². The summed E-state index contributed by atoms with van der Waals surface area (Å²) in [5.41, 5.74) is 0.262. The summed E-state index contributed by atoms with van der Waals surface area (Å²) in [5, 5.41) is 0. The average molecular weight is 308 g/mol. The van der Waals surface area contributed by atoms with Crippen molar-refractivity contribution in [3.05, 3.63) is 47.1 Å². The molecule has 1 saturated heterocycles. The molecule has 4 heterocycles. The van der Waals surface area contributed by atoms with Gasteiger partial charge in [-0.2, -0.15) is 0 Å². The molecular formula is C16H16N6O. The Balaban J connectivity index is 1.77. The molecule has 3 aromatic rings. The molecular weight excluding hydrogens is 292 g/mol. The van der Waals surface area contributed by atoms with Gasteiger partial charge in [0, 0.05) is 37.7 Å². The minimum atomic E-state index is -0.190. The van der Waals surface area contributed by atoms with Gasteiger partial charge in [0.1, 0.15) is 11.5 Å². The molecule has 0 aliphatic carbocycles. The van der Waals surface area contributed by atoms with Crippen LogP contribution >= 0.6 is 0 Å². The van der Waals surface area contributed by atoms with Gasteiger partial charge >= 0.3 is 0 Å². The van der Waals surface area contributed by atoms with Gasteiger partial charge in [0.05, 0.1) is 0 Å². The molecule has 7 heteroatoms. The summed E-state index contributed by atoms with van der Waals surface area (Å²) in [7, 11) is 0. The van der Waals surface area contributed by atoms with Crippen molar-refractivity contribution in [1.82, 2.24) is 24.3 Å². The van der Waals surface area contributed by atoms with E-state index in [9.17, 15) is 4.79 Å². The van der Waals surface area contributed by atoms with E-state index in [0.717, 1.165) is 18.9 Å². The van der Waals surface area contributed by atoms with Crippen LogP contribution in [0.5, 0.6) is 0 Å². The summed E-state index contributed by atoms with van der Waals surface area (Å²) in [5.74, 6) is 1.69. The second-order valence-corrected chi connectivity index (χ2v) is 5.56. The van der Waals surface area contributed by atoms with E-state index in [4.69, 9.17) is 0 Å². The summed E-state index contributed by atoms with van der Waals surface area (Å²) in [6.07, 6.45) is 8.60. The highest BCUT2D eigenvalue weighted by atomic mass is 16.1. The van der Waals surface area contributed by atoms with Crippen molar-refractivity contribution in [3.8, 4) is 11.5 Å². The van der Waals surface area contributed by atoms with Gasteiger partial charge in [0.2, 0.25) is 5.78 Å². The molecule has 0 spiro atoms. The molecule has 0 bridgehead atoms. The molecule has 1 aliphatic rings. The first-order valence-corrected chi connectivity index (χ1v) is 7.74. The number of nitrogens with zero attached hydrogens (tertiary/aromatic N) is 6. The lowest BCUT2D eigenvalue weighted by Gasteiger charge is -2.27. The number of aromatic nitrogens is 5. The summed E-state index contributed by atoms with van der Waals surface area (Å²) >= 11 is 0. The zero-order valence-electron chi connectivity index (χ0n) is 12.6. The van der Waals surface area contributed by atoms with E-state index in [1.807, 2.05) is 6.07 Å². The summed E-state index contributed by atoms with van der Waals surface area (Å²) in [6.45, 7) is 2.01. The van der Waals surface area contributed by atoms with Gasteiger partial charge in [0.15, 0.2) is 5.82 Å². The Kier molecular flexibility index (Phi) is 3.45. The van der Waals surface area contributed by atoms with Crippen molar-refractivity contribution in [2.24, 2.45) is 0 Å². The zero-order valence-corrected chi connectivity index (χ0v) is 12.6. The van der Waals surface area contributed by atoms with Gasteiger partial charge in [-0.1, -0.05) is 0 Å². The molecule has 0 amide bonds. The average Bonchev–Trinajstić information content (AvgIpc) is 2.62. The molecule has 0 atom stereocenters. The third kappa shape index (κ3) is 2.65. The fourth-order valence-corrected chi connectivity index (χ4v) is 2.83. The fourth-order valence-electron chi connectivity index (χ4n) is 2.83. The summed E-state index contributed by atoms with van der Waals surface area (Å²) in [6, 6.07) is 5.05. The third-order valence-corrected chi connectivity index (χ3v) is 3.99. The molecule has 4 rings (SSSR count). The van der Waals surface area contributed by atoms with E-state index < -0.39 is 0 Å². The number of hydrogen-bond donors (Lipinski definition) is 0. The third-order valence-electron chi connectivity index (χ3n) is 3.99. The van der Waals surface area contributed by atoms with Gasteiger partial charge in [0.25, 0.3) is 5.56 Å². The smallest absolute Gasteiger partial charge is 0.259 e. The van der Waals surface area contributed by atoms with Crippen molar-refractivity contribution >= 4 is 11.6 Å². The first-order chi connectivity index (χ1) is 11.3. The molecule has 1 aliphatic heterocycles. The molecule has 1 fully saturated rings. The van der Waals surface area contributed by atoms with Crippen molar-refractivity contribution in [1.29, 1.82) is 0 Å². The molecule has 0 aromatic carbocycles. The van der Waals surface area contributed by atoms with Crippen LogP contribution in [0.1, 0.15) is 19.3 Å². The highest BCUT2D eigenvalue weighted by Crippen LogP contribution is 2.19. The number of rotatable bonds is 2. The van der Waals surface area contributed by atoms with Gasteiger partial charge in [-0.3, -0.25) is 9.20 Å². The van der Waals surface area contributed by atoms with Crippen LogP contribution in [-0.2, 0) is 0 Å². The standard InChI is InChI=1S/C16H16N6O/c23-14-11-12(19-16-18-6-4-10-22(14)16)15-17-7-5-13(20-15)21-8-2-1-3-9-21/h4-7,10-11H,1-3,8-9H2. The first kappa shape index (κ1) is 13.8. The van der Waals surface area contributed by atoms with Crippen LogP contribution in [0.3, 0.4) is 0 Å². The Bertz CT molecular complexity index is 900. The maximum atomic E-state index is 12.2. The number of fused-ring (bicyclic) bond motifs is 1. The predicted molar refractivity (Wildman–Crippen MR) is 86.3 cm³/mol. The lowest BCUT2D eigenvalue weighted by molar-refractivity contribution is 0.573. The van der Waals surface area contributed by atoms with E-state index in [1.165, 1.54) is 29.7 Å². The Labute approximate surface area is 132 Å². The lowest BCUT2D eigenvalue weighted by atomic mass is 10.1. The molecule has 0 radical (unpaired) electrons. The first-order valence-electron chi connectivity index (χ1n) is 7.74. The van der Waals surface area contributed by atoms with Crippen LogP contribution < -0.4 is 10.5 Å². The van der Waals surface area contributed by atoms with Crippen molar-refractivity contribution in [3.63, 3.8) is 0 Å². The van der Waals surface area contributed by atoms with E-state index >= 15 is 0 Å². The molecule has 23 heavy (non-hydrogen) atoms. The van der Waals surface area contributed by atoms with Crippen molar-refractivity contribution < 1.29 is 0 Å². The second kappa shape index (κ2) is 5.75. The minimum Gasteiger partial charge on any atom is -0.357 e. The van der Waals surface area contributed by atoms with Crippen LogP contribution in [0, 0.1) is 0 Å². The predicted octanol–water partition coefficient (Wildman–Crippen LogP) is 1.54. The minimum absolute atomic E-state index is 0.190. The molecule has 3 aromatic heterocycles. The molecule has 116 valence electrons. The highest BCUT2D eigenvalue weighted by molar-refractivity contribution is 5.54. The lowest BCUT2D eigenvalue weighted by Crippen LogP contribution is -2.30. The van der Waals surface area contributed by atoms with E-state index in [-0.39, 0.29) is 5.56 Å². The Morgan fingerprint density at radius 2 is 1.87 bits per heavy atom. The molecule has 0 saturated carbocycles. The van der Waals surface area contributed by atoms with Crippen LogP contribution in [0.2, 0.25) is 0 Å². The Hall–Kier alpha value is -2.83. The highest BCUT2D eigenvalue weighted by Gasteiger charge is 2.14. The number of hydrogen-bond acceptors (Lipinski definition) is 6. The Morgan fingerprint density at radius 1 is 1.00 bits per heavy atom. The number of piperidine rings is 1. The van der Waals surface area contributed by atoms with Crippen molar-refractivity contribution in [2.75, 3.05) is 18.0 Å². The molecule has 7 nitrogen and oxygen atoms in total. The van der Waals surface area contributed by atoms with E-state index in [0.29, 0.717) is 17.3 Å². The molecule has 0 unspecified atom stereocenters. The van der Waals surface area contributed by atoms with Crippen LogP contribution in [0.15, 0.2) is 41.6 Å². The second-order valence-electron chi connectivity index (χ2n) is 5.56. The van der Waals surface area contributed by atoms with E-state index in [2.05, 4.69) is 24.8 Å². The van der Waals surface area contributed by atoms with E-state index in [1.54, 1.807) is 24.7 Å². The summed E-state index contributed by atoms with van der Waals surface area (Å²) < 4.78 is 1.40. The van der Waals surface area contributed by atoms with Crippen LogP contribution in [-0.4, -0.2) is 37.4 Å². The van der Waals surface area contributed by atoms with Gasteiger partial charge in [-0.25, -0.2) is 19.9 Å². The zero-order chi connectivity index (χ0) is 15.6. The summed E-state index contributed by atoms with van der Waals surface area (Å²) in [4.78, 5) is 31.8. The van der Waals surface area contributed by atoms with Crippen LogP contribution in [0.25, 0.3) is 17.3 Å². The Morgan fingerprint density at radius 3 is 2.74 bits per heavy atom. The normalized spacial score (nSPS) is 15.0. The maximum absolute atomic E-state index is 12.2. The molecule has 0 N–H and O–H groups in total. The fraction of sp³-hybridized carbons (Fsp3) is 0.312. The van der Waals surface area contributed by atoms with Gasteiger partial charge < -0.3 is 4.90 Å². The largest absolute Gasteiger partial charge is 0.357 e. The van der Waals surface area contributed by atoms with Gasteiger partial charge in [-0.15, -0.1) is 0 Å². The SMILES string of the molecule is O=c1cc(-c2nccc(N3CCCCC3)n2)nc2ncccn12. The van der Waals surface area contributed by atoms with Crippen LogP contribution in [0.4, 0.5) is 5.82 Å². The quantitative estimate of drug-likeness (QED) is 0.714.